The second-order valence-corrected chi connectivity index (χ2v) is 8.92. The summed E-state index contributed by atoms with van der Waals surface area (Å²) in [6.07, 6.45) is 3.68. The molecule has 0 bridgehead atoms. The fourth-order valence-electron chi connectivity index (χ4n) is 3.37. The first-order valence-electron chi connectivity index (χ1n) is 11.7. The Kier molecular flexibility index (Phi) is 13.1. The largest absolute Gasteiger partial charge is 0.481 e. The lowest BCUT2D eigenvalue weighted by Crippen LogP contribution is -2.57. The van der Waals surface area contributed by atoms with E-state index in [9.17, 15) is 34.2 Å². The number of unbranched alkanes of at least 4 members (excludes halogenated alkanes) is 1. The third kappa shape index (κ3) is 11.3. The van der Waals surface area contributed by atoms with Gasteiger partial charge in [0, 0.05) is 18.3 Å². The summed E-state index contributed by atoms with van der Waals surface area (Å²) >= 11 is 0. The molecule has 0 fully saturated rings. The minimum atomic E-state index is -1.49. The van der Waals surface area contributed by atoms with Crippen molar-refractivity contribution in [2.75, 3.05) is 6.54 Å². The molecule has 1 aromatic heterocycles. The maximum Gasteiger partial charge on any atom is 0.326 e. The van der Waals surface area contributed by atoms with Crippen LogP contribution in [0.5, 0.6) is 0 Å². The number of amides is 3. The Balaban J connectivity index is 2.94. The highest BCUT2D eigenvalue weighted by molar-refractivity contribution is 5.95. The molecule has 0 aromatic carbocycles. The average molecular weight is 512 g/mol. The number of carboxylic acid groups (broad SMARTS) is 2. The predicted octanol–water partition coefficient (Wildman–Crippen LogP) is -1.53. The maximum absolute atomic E-state index is 12.9. The first kappa shape index (κ1) is 30.5. The lowest BCUT2D eigenvalue weighted by atomic mass is 10.0. The number of nitrogens with one attached hydrogen (secondary N) is 4. The van der Waals surface area contributed by atoms with Crippen LogP contribution in [0.25, 0.3) is 0 Å². The van der Waals surface area contributed by atoms with Crippen LogP contribution in [0.2, 0.25) is 0 Å². The Hall–Kier alpha value is -3.52. The molecule has 0 saturated carbocycles. The average Bonchev–Trinajstić information content (AvgIpc) is 3.30. The molecule has 0 aliphatic heterocycles. The quantitative estimate of drug-likeness (QED) is 0.112. The normalized spacial score (nSPS) is 14.4. The molecule has 4 atom stereocenters. The lowest BCUT2D eigenvalue weighted by molar-refractivity contribution is -0.143. The Labute approximate surface area is 209 Å². The monoisotopic (exact) mass is 511 g/mol. The number of carbonyl (C=O) groups is 5. The minimum absolute atomic E-state index is 0.0663. The lowest BCUT2D eigenvalue weighted by Gasteiger charge is -2.25. The predicted molar refractivity (Wildman–Crippen MR) is 128 cm³/mol. The van der Waals surface area contributed by atoms with E-state index >= 15 is 0 Å². The zero-order valence-corrected chi connectivity index (χ0v) is 20.5. The van der Waals surface area contributed by atoms with E-state index in [0.29, 0.717) is 31.5 Å². The summed E-state index contributed by atoms with van der Waals surface area (Å²) in [6.45, 7) is 4.02. The fourth-order valence-corrected chi connectivity index (χ4v) is 3.37. The van der Waals surface area contributed by atoms with Crippen molar-refractivity contribution in [3.63, 3.8) is 0 Å². The van der Waals surface area contributed by atoms with Crippen molar-refractivity contribution in [1.82, 2.24) is 25.9 Å². The van der Waals surface area contributed by atoms with Crippen LogP contribution >= 0.6 is 0 Å². The molecule has 0 saturated heterocycles. The number of aromatic amines is 1. The molecule has 3 amide bonds. The summed E-state index contributed by atoms with van der Waals surface area (Å²) in [5, 5.41) is 25.9. The highest BCUT2D eigenvalue weighted by Gasteiger charge is 2.32. The second-order valence-electron chi connectivity index (χ2n) is 8.92. The van der Waals surface area contributed by atoms with E-state index in [1.54, 1.807) is 13.8 Å². The maximum atomic E-state index is 12.9. The second kappa shape index (κ2) is 15.5. The standard InChI is InChI=1S/C22H37N7O7/c1-12(2)7-15(20(33)29-17(22(35)36)8-13-10-25-11-26-13)28-21(34)16(9-18(30)31)27-19(32)14(24)5-3-4-6-23/h10-12,14-17H,3-9,23-24H2,1-2H3,(H,25,26)(H,27,32)(H,28,34)(H,29,33)(H,30,31)(H,35,36). The van der Waals surface area contributed by atoms with Crippen molar-refractivity contribution in [2.45, 2.75) is 76.5 Å². The highest BCUT2D eigenvalue weighted by Crippen LogP contribution is 2.08. The van der Waals surface area contributed by atoms with Gasteiger partial charge in [-0.1, -0.05) is 20.3 Å². The van der Waals surface area contributed by atoms with Crippen molar-refractivity contribution in [3.05, 3.63) is 18.2 Å². The van der Waals surface area contributed by atoms with E-state index in [0.717, 1.165) is 0 Å². The number of carbonyl (C=O) groups excluding carboxylic acids is 3. The fraction of sp³-hybridized carbons (Fsp3) is 0.636. The van der Waals surface area contributed by atoms with E-state index < -0.39 is 60.2 Å². The van der Waals surface area contributed by atoms with Crippen LogP contribution in [0.4, 0.5) is 0 Å². The molecule has 36 heavy (non-hydrogen) atoms. The molecule has 0 radical (unpaired) electrons. The summed E-state index contributed by atoms with van der Waals surface area (Å²) in [6, 6.07) is -4.93. The summed E-state index contributed by atoms with van der Waals surface area (Å²) < 4.78 is 0. The Morgan fingerprint density at radius 3 is 2.11 bits per heavy atom. The van der Waals surface area contributed by atoms with Crippen molar-refractivity contribution in [3.8, 4) is 0 Å². The van der Waals surface area contributed by atoms with Crippen LogP contribution in [0, 0.1) is 5.92 Å². The number of imidazole rings is 1. The molecular weight excluding hydrogens is 474 g/mol. The van der Waals surface area contributed by atoms with Crippen LogP contribution in [-0.2, 0) is 30.4 Å². The Morgan fingerprint density at radius 2 is 1.58 bits per heavy atom. The van der Waals surface area contributed by atoms with E-state index in [-0.39, 0.29) is 18.8 Å². The van der Waals surface area contributed by atoms with E-state index in [4.69, 9.17) is 11.5 Å². The third-order valence-corrected chi connectivity index (χ3v) is 5.25. The van der Waals surface area contributed by atoms with Crippen molar-refractivity contribution < 1.29 is 34.2 Å². The summed E-state index contributed by atoms with van der Waals surface area (Å²) in [7, 11) is 0. The molecule has 1 aromatic rings. The van der Waals surface area contributed by atoms with Gasteiger partial charge in [0.25, 0.3) is 0 Å². The van der Waals surface area contributed by atoms with Gasteiger partial charge in [0.05, 0.1) is 18.8 Å². The van der Waals surface area contributed by atoms with Gasteiger partial charge in [0.15, 0.2) is 0 Å². The highest BCUT2D eigenvalue weighted by atomic mass is 16.4. The number of nitrogens with two attached hydrogens (primary N) is 2. The van der Waals surface area contributed by atoms with Crippen LogP contribution in [0.15, 0.2) is 12.5 Å². The van der Waals surface area contributed by atoms with Crippen LogP contribution in [0.1, 0.15) is 51.6 Å². The first-order valence-corrected chi connectivity index (χ1v) is 11.7. The Morgan fingerprint density at radius 1 is 0.972 bits per heavy atom. The van der Waals surface area contributed by atoms with Gasteiger partial charge in [-0.2, -0.15) is 0 Å². The number of aliphatic carboxylic acids is 2. The molecule has 202 valence electrons. The number of hydrogen-bond acceptors (Lipinski definition) is 8. The van der Waals surface area contributed by atoms with Gasteiger partial charge in [-0.25, -0.2) is 9.78 Å². The molecule has 14 nitrogen and oxygen atoms in total. The molecule has 10 N–H and O–H groups in total. The van der Waals surface area contributed by atoms with Gasteiger partial charge >= 0.3 is 11.9 Å². The van der Waals surface area contributed by atoms with Crippen molar-refractivity contribution >= 4 is 29.7 Å². The zero-order valence-electron chi connectivity index (χ0n) is 20.5. The van der Waals surface area contributed by atoms with E-state index in [1.807, 2.05) is 0 Å². The van der Waals surface area contributed by atoms with Crippen molar-refractivity contribution in [1.29, 1.82) is 0 Å². The number of aromatic nitrogens is 2. The van der Waals surface area contributed by atoms with Gasteiger partial charge in [-0.05, 0) is 31.7 Å². The van der Waals surface area contributed by atoms with Crippen molar-refractivity contribution in [2.24, 2.45) is 17.4 Å². The van der Waals surface area contributed by atoms with Gasteiger partial charge in [-0.15, -0.1) is 0 Å². The van der Waals surface area contributed by atoms with Crippen LogP contribution in [0.3, 0.4) is 0 Å². The van der Waals surface area contributed by atoms with Gasteiger partial charge in [0.2, 0.25) is 17.7 Å². The minimum Gasteiger partial charge on any atom is -0.481 e. The van der Waals surface area contributed by atoms with Gasteiger partial charge in [0.1, 0.15) is 18.1 Å². The SMILES string of the molecule is CC(C)CC(NC(=O)C(CC(=O)O)NC(=O)C(N)CCCCN)C(=O)NC(Cc1cnc[nH]1)C(=O)O. The molecule has 0 spiro atoms. The van der Waals surface area contributed by atoms with E-state index in [1.165, 1.54) is 12.5 Å². The first-order chi connectivity index (χ1) is 16.9. The topological polar surface area (TPSA) is 243 Å². The molecule has 1 heterocycles. The number of H-pyrrole nitrogens is 1. The number of nitrogens with zero attached hydrogens (tertiary/aromatic N) is 1. The third-order valence-electron chi connectivity index (χ3n) is 5.25. The summed E-state index contributed by atoms with van der Waals surface area (Å²) in [5.41, 5.74) is 11.7. The molecular formula is C22H37N7O7. The number of hydrogen-bond donors (Lipinski definition) is 8. The van der Waals surface area contributed by atoms with Gasteiger partial charge in [-0.3, -0.25) is 19.2 Å². The zero-order chi connectivity index (χ0) is 27.3. The molecule has 0 aliphatic carbocycles. The van der Waals surface area contributed by atoms with Gasteiger partial charge < -0.3 is 42.6 Å². The van der Waals surface area contributed by atoms with Crippen LogP contribution < -0.4 is 27.4 Å². The Bertz CT molecular complexity index is 876. The molecule has 14 heteroatoms. The molecule has 4 unspecified atom stereocenters. The molecule has 0 aliphatic rings. The number of carboxylic acids is 2. The number of rotatable bonds is 17. The summed E-state index contributed by atoms with van der Waals surface area (Å²) in [4.78, 5) is 67.8. The van der Waals surface area contributed by atoms with Crippen LogP contribution in [-0.4, -0.2) is 80.6 Å². The smallest absolute Gasteiger partial charge is 0.326 e. The molecule has 1 rings (SSSR count). The summed E-state index contributed by atoms with van der Waals surface area (Å²) in [5.74, 6) is -5.08. The van der Waals surface area contributed by atoms with E-state index in [2.05, 4.69) is 25.9 Å².